The van der Waals surface area contributed by atoms with Crippen molar-refractivity contribution in [1.29, 1.82) is 0 Å². The van der Waals surface area contributed by atoms with Gasteiger partial charge < -0.3 is 100 Å². The molecule has 0 radical (unpaired) electrons. The lowest BCUT2D eigenvalue weighted by molar-refractivity contribution is -0.171. The van der Waals surface area contributed by atoms with E-state index in [2.05, 4.69) is 79.8 Å². The van der Waals surface area contributed by atoms with Crippen LogP contribution in [0.5, 0.6) is 0 Å². The van der Waals surface area contributed by atoms with Gasteiger partial charge in [0.05, 0.1) is 0 Å². The fourth-order valence-corrected chi connectivity index (χ4v) is 7.76. The Hall–Kier alpha value is -8.74. The van der Waals surface area contributed by atoms with Crippen LogP contribution >= 0.6 is 12.4 Å². The minimum atomic E-state index is -0.971. The first-order chi connectivity index (χ1) is 40.3. The molecule has 480 valence electrons. The fraction of sp³-hybridized carbons (Fsp3) is 0.574. The molecule has 32 heteroatoms. The van der Waals surface area contributed by atoms with Crippen LogP contribution in [-0.4, -0.2) is 194 Å². The number of nitrogens with zero attached hydrogens (tertiary/aromatic N) is 3. The smallest absolute Gasteiger partial charge is 0.337 e. The van der Waals surface area contributed by atoms with Gasteiger partial charge in [0, 0.05) is 139 Å². The molecule has 2 aromatic rings. The summed E-state index contributed by atoms with van der Waals surface area (Å²) in [7, 11) is 0. The summed E-state index contributed by atoms with van der Waals surface area (Å²) in [6.07, 6.45) is -0.982. The zero-order valence-electron chi connectivity index (χ0n) is 50.4. The average molecular weight is 1230 g/mol. The Morgan fingerprint density at radius 1 is 0.558 bits per heavy atom. The van der Waals surface area contributed by atoms with Crippen LogP contribution in [0.2, 0.25) is 0 Å². The minimum Gasteiger partial charge on any atom is -0.337 e. The molecule has 0 spiro atoms. The molecule has 0 bridgehead atoms. The van der Waals surface area contributed by atoms with Crippen LogP contribution in [0.1, 0.15) is 86.3 Å². The van der Waals surface area contributed by atoms with Gasteiger partial charge in [0.15, 0.2) is 0 Å². The quantitative estimate of drug-likeness (QED) is 0.124. The third kappa shape index (κ3) is 30.2. The van der Waals surface area contributed by atoms with Crippen molar-refractivity contribution in [3.05, 3.63) is 71.8 Å². The molecule has 2 aromatic carbocycles. The van der Waals surface area contributed by atoms with E-state index in [1.807, 2.05) is 74.5 Å². The number of hydroxylamine groups is 2. The highest BCUT2D eigenvalue weighted by atomic mass is 35.5. The molecule has 3 saturated heterocycles. The number of imide groups is 1. The van der Waals surface area contributed by atoms with E-state index in [0.29, 0.717) is 57.4 Å². The van der Waals surface area contributed by atoms with Crippen LogP contribution < -0.4 is 85.5 Å². The summed E-state index contributed by atoms with van der Waals surface area (Å²) in [6, 6.07) is 13.8. The van der Waals surface area contributed by atoms with Gasteiger partial charge in [-0.1, -0.05) is 60.7 Å². The molecule has 3 heterocycles. The molecule has 86 heavy (non-hydrogen) atoms. The summed E-state index contributed by atoms with van der Waals surface area (Å²) in [5, 5.41) is 41.0. The van der Waals surface area contributed by atoms with Gasteiger partial charge in [-0.2, -0.15) is 0 Å². The molecular weight excluding hydrogens is 1140 g/mol. The topological polar surface area (TPSA) is 413 Å². The lowest BCUT2D eigenvalue weighted by Gasteiger charge is -2.30. The second-order valence-corrected chi connectivity index (χ2v) is 21.1. The number of carbonyl (C=O) groups excluding carboxylic acids is 11. The number of urea groups is 8. The van der Waals surface area contributed by atoms with Gasteiger partial charge in [-0.15, -0.1) is 17.5 Å². The number of nitrogens with two attached hydrogens (primary N) is 1. The first-order valence-corrected chi connectivity index (χ1v) is 28.3. The summed E-state index contributed by atoms with van der Waals surface area (Å²) in [5.41, 5.74) is 7.48. The monoisotopic (exact) mass is 1230 g/mol. The molecular formula is C54H90ClN19O12. The van der Waals surface area contributed by atoms with E-state index in [9.17, 15) is 52.7 Å². The minimum absolute atomic E-state index is 0. The molecule has 9 atom stereocenters. The molecule has 31 nitrogen and oxygen atoms in total. The molecule has 5 rings (SSSR count). The highest BCUT2D eigenvalue weighted by Crippen LogP contribution is 2.13. The third-order valence-electron chi connectivity index (χ3n) is 12.5. The van der Waals surface area contributed by atoms with Crippen molar-refractivity contribution in [2.24, 2.45) is 5.73 Å². The van der Waals surface area contributed by atoms with Crippen molar-refractivity contribution in [3.63, 3.8) is 0 Å². The highest BCUT2D eigenvalue weighted by molar-refractivity contribution is 6.01. The van der Waals surface area contributed by atoms with Gasteiger partial charge in [-0.05, 0) is 73.4 Å². The first-order valence-electron chi connectivity index (χ1n) is 28.3. The van der Waals surface area contributed by atoms with Gasteiger partial charge in [-0.25, -0.2) is 43.2 Å². The Labute approximate surface area is 508 Å². The number of hydrogen-bond donors (Lipinski definition) is 16. The standard InChI is InChI=1S/C23H35N7O6.C19H30N6O3.C12H24N6O3.ClH/c1-15(24)11-25-21(33)28-16(2)12-26-22(34)29(14-18-7-5-4-6-8-18)17(3)13-27-23(35)36-30-19(31)9-10-20(30)32;1-13-9-20-17(26)24-14(2)10-22-19(28)25(12-16-7-5-4-6-8-16)15(3)11-21-18(27)23-13;1-7-4-13-11(20)17-9(3)6-15-12(21)18-8(2)5-14-10(19)16-7;/h4-8,15-17H,9-14,24H2,1-3H3,(H,26,34)(H,27,35)(H2,25,28,33);4-8,13-15H,9-12H2,1-3H3,(H,22,28)(H2,20,24,26)(H2,21,23,27);7-9H,4-6H2,1-3H3,(H2,14,16,19)(H2,13,17,20)(H2,15,18,21);1H/t15-,16+,17-;13-,14+,15-;7-,8-,9+;/m000./s1. The van der Waals surface area contributed by atoms with Crippen molar-refractivity contribution in [3.8, 4) is 0 Å². The van der Waals surface area contributed by atoms with Crippen molar-refractivity contribution < 1.29 is 57.6 Å². The number of halogens is 1. The Morgan fingerprint density at radius 3 is 1.40 bits per heavy atom. The van der Waals surface area contributed by atoms with Gasteiger partial charge in [0.2, 0.25) is 0 Å². The second kappa shape index (κ2) is 39.0. The maximum atomic E-state index is 13.0. The summed E-state index contributed by atoms with van der Waals surface area (Å²) in [6.45, 7) is 19.1. The molecule has 0 aliphatic carbocycles. The Kier molecular flexibility index (Phi) is 33.3. The average Bonchev–Trinajstić information content (AvgIpc) is 4.02. The maximum absolute atomic E-state index is 13.0. The van der Waals surface area contributed by atoms with E-state index in [-0.39, 0.29) is 135 Å². The number of nitrogens with one attached hydrogen (secondary N) is 15. The number of amides is 19. The Bertz CT molecular complexity index is 2430. The predicted octanol–water partition coefficient (Wildman–Crippen LogP) is 0.872. The Balaban J connectivity index is 0.000000453. The van der Waals surface area contributed by atoms with Crippen LogP contribution in [0, 0.1) is 0 Å². The van der Waals surface area contributed by atoms with Crippen LogP contribution in [-0.2, 0) is 27.5 Å². The van der Waals surface area contributed by atoms with Gasteiger partial charge in [-0.3, -0.25) is 9.59 Å². The third-order valence-corrected chi connectivity index (χ3v) is 12.5. The SMILES string of the molecule is C[C@@H]1CNC(=O)N(Cc2ccccc2)[C@@H](C)CNC(=O)N[C@@H](C)CNC(=O)N1.C[C@@H]1CNC(=O)N[C@@H](C)CNC(=O)N[C@@H](C)CNC(=O)N1.C[C@H](N)CNC(=O)N[C@H](C)CNC(=O)N(Cc1ccccc1)[C@@H](C)CNC(=O)ON1C(=O)CCC1=O.Cl. The summed E-state index contributed by atoms with van der Waals surface area (Å²) in [5.74, 6) is -1.16. The molecule has 3 aliphatic rings. The fourth-order valence-electron chi connectivity index (χ4n) is 7.76. The Morgan fingerprint density at radius 2 is 0.965 bits per heavy atom. The predicted molar refractivity (Wildman–Crippen MR) is 322 cm³/mol. The summed E-state index contributed by atoms with van der Waals surface area (Å²) >= 11 is 0. The highest BCUT2D eigenvalue weighted by Gasteiger charge is 2.33. The van der Waals surface area contributed by atoms with E-state index >= 15 is 0 Å². The number of carbonyl (C=O) groups is 11. The van der Waals surface area contributed by atoms with E-state index in [1.54, 1.807) is 53.4 Å². The molecule has 3 aliphatic heterocycles. The van der Waals surface area contributed by atoms with Crippen molar-refractivity contribution in [2.45, 2.75) is 143 Å². The van der Waals surface area contributed by atoms with Crippen molar-refractivity contribution in [2.75, 3.05) is 58.9 Å². The molecule has 0 unspecified atom stereocenters. The zero-order chi connectivity index (χ0) is 63.0. The summed E-state index contributed by atoms with van der Waals surface area (Å²) < 4.78 is 0. The number of rotatable bonds is 13. The zero-order valence-corrected chi connectivity index (χ0v) is 51.2. The van der Waals surface area contributed by atoms with Gasteiger partial charge in [0.25, 0.3) is 11.8 Å². The largest absolute Gasteiger partial charge is 0.432 e. The second-order valence-electron chi connectivity index (χ2n) is 21.1. The number of benzene rings is 2. The van der Waals surface area contributed by atoms with E-state index in [0.717, 1.165) is 11.1 Å². The van der Waals surface area contributed by atoms with E-state index in [4.69, 9.17) is 10.6 Å². The van der Waals surface area contributed by atoms with Crippen LogP contribution in [0.15, 0.2) is 60.7 Å². The van der Waals surface area contributed by atoms with Gasteiger partial charge >= 0.3 is 54.3 Å². The molecule has 19 amide bonds. The molecule has 17 N–H and O–H groups in total. The lowest BCUT2D eigenvalue weighted by atomic mass is 10.2. The molecule has 0 aromatic heterocycles. The first kappa shape index (κ1) is 73.4. The molecule has 3 fully saturated rings. The summed E-state index contributed by atoms with van der Waals surface area (Å²) in [4.78, 5) is 140. The van der Waals surface area contributed by atoms with Crippen LogP contribution in [0.25, 0.3) is 0 Å². The number of hydrogen-bond acceptors (Lipinski definition) is 13. The van der Waals surface area contributed by atoms with Crippen LogP contribution in [0.3, 0.4) is 0 Å². The maximum Gasteiger partial charge on any atom is 0.432 e. The normalized spacial score (nSPS) is 21.8. The van der Waals surface area contributed by atoms with Gasteiger partial charge in [0.1, 0.15) is 0 Å². The van der Waals surface area contributed by atoms with E-state index < -0.39 is 30.0 Å². The van der Waals surface area contributed by atoms with Crippen molar-refractivity contribution >= 4 is 78.6 Å². The van der Waals surface area contributed by atoms with E-state index in [1.165, 1.54) is 4.90 Å². The molecule has 0 saturated carbocycles. The van der Waals surface area contributed by atoms with Crippen LogP contribution in [0.4, 0.5) is 43.2 Å². The lowest BCUT2D eigenvalue weighted by Crippen LogP contribution is -2.52. The van der Waals surface area contributed by atoms with Crippen molar-refractivity contribution in [1.82, 2.24) is 94.6 Å².